The molecule has 2 aromatic carbocycles. The minimum Gasteiger partial charge on any atom is -0.350 e. The predicted molar refractivity (Wildman–Crippen MR) is 131 cm³/mol. The largest absolute Gasteiger partial charge is 0.350 e. The third kappa shape index (κ3) is 3.46. The minimum absolute atomic E-state index is 0.110. The molecule has 1 saturated carbocycles. The zero-order valence-electron chi connectivity index (χ0n) is 19.3. The molecule has 1 amide bonds. The van der Waals surface area contributed by atoms with Crippen LogP contribution in [-0.2, 0) is 11.3 Å². The number of amides is 1. The molecule has 5 nitrogen and oxygen atoms in total. The Bertz CT molecular complexity index is 1010. The zero-order valence-corrected chi connectivity index (χ0v) is 19.3. The van der Waals surface area contributed by atoms with Crippen LogP contribution in [0.25, 0.3) is 10.8 Å². The molecule has 1 saturated heterocycles. The van der Waals surface area contributed by atoms with Crippen molar-refractivity contribution in [3.8, 4) is 0 Å². The molecule has 1 aliphatic carbocycles. The number of nitrogens with zero attached hydrogens (tertiary/aromatic N) is 2. The minimum atomic E-state index is -0.645. The number of hydrogen-bond acceptors (Lipinski definition) is 4. The molecule has 4 aliphatic rings. The normalized spacial score (nSPS) is 31.0. The molecule has 3 aliphatic heterocycles. The van der Waals surface area contributed by atoms with Crippen LogP contribution in [0, 0.1) is 23.7 Å². The van der Waals surface area contributed by atoms with E-state index in [0.717, 1.165) is 37.9 Å². The lowest BCUT2D eigenvalue weighted by Crippen LogP contribution is -2.65. The van der Waals surface area contributed by atoms with Crippen molar-refractivity contribution in [2.24, 2.45) is 34.4 Å². The van der Waals surface area contributed by atoms with E-state index in [1.807, 2.05) is 0 Å². The Kier molecular flexibility index (Phi) is 5.81. The molecule has 0 aromatic heterocycles. The number of aliphatic imine (C=N–C) groups is 1. The highest BCUT2D eigenvalue weighted by atomic mass is 16.2. The molecule has 2 aromatic rings. The number of likely N-dealkylation sites (tertiary alicyclic amines) is 1. The first-order valence-electron chi connectivity index (χ1n) is 12.3. The van der Waals surface area contributed by atoms with E-state index < -0.39 is 5.54 Å². The molecule has 5 atom stereocenters. The van der Waals surface area contributed by atoms with Crippen molar-refractivity contribution in [3.63, 3.8) is 0 Å². The van der Waals surface area contributed by atoms with Gasteiger partial charge >= 0.3 is 0 Å². The summed E-state index contributed by atoms with van der Waals surface area (Å²) in [4.78, 5) is 21.5. The summed E-state index contributed by atoms with van der Waals surface area (Å²) in [7, 11) is 0. The Morgan fingerprint density at radius 3 is 2.88 bits per heavy atom. The zero-order chi connectivity index (χ0) is 22.3. The van der Waals surface area contributed by atoms with E-state index in [4.69, 9.17) is 10.7 Å². The van der Waals surface area contributed by atoms with E-state index in [0.29, 0.717) is 36.8 Å². The van der Waals surface area contributed by atoms with Gasteiger partial charge in [0.2, 0.25) is 5.91 Å². The van der Waals surface area contributed by atoms with Crippen molar-refractivity contribution in [2.45, 2.75) is 51.2 Å². The second kappa shape index (κ2) is 8.60. The van der Waals surface area contributed by atoms with Gasteiger partial charge in [0.15, 0.2) is 5.54 Å². The van der Waals surface area contributed by atoms with Crippen LogP contribution in [0.15, 0.2) is 47.5 Å². The standard InChI is InChI=1S/C27H36N4O/c1-18(2)13-24-21-14-22-17-31(12-6-11-28)25(24)27(22,30-16-21)26(32)29-15-20-9-5-8-19-7-3-4-10-23(19)20/h3-5,7-10,16,18,21-22,24-25H,6,11-15,17,28H2,1-2H3,(H,29,32). The van der Waals surface area contributed by atoms with E-state index in [2.05, 4.69) is 72.7 Å². The maximum atomic E-state index is 13.9. The Hall–Kier alpha value is -2.24. The lowest BCUT2D eigenvalue weighted by atomic mass is 9.59. The molecule has 0 radical (unpaired) electrons. The number of nitrogens with one attached hydrogen (secondary N) is 1. The predicted octanol–water partition coefficient (Wildman–Crippen LogP) is 3.61. The lowest BCUT2D eigenvalue weighted by Gasteiger charge is -2.51. The Morgan fingerprint density at radius 2 is 2.06 bits per heavy atom. The van der Waals surface area contributed by atoms with E-state index >= 15 is 0 Å². The molecule has 0 spiro atoms. The molecule has 5 unspecified atom stereocenters. The fourth-order valence-electron chi connectivity index (χ4n) is 6.73. The molecule has 5 heteroatoms. The molecule has 32 heavy (non-hydrogen) atoms. The third-order valence-electron chi connectivity index (χ3n) is 7.99. The van der Waals surface area contributed by atoms with E-state index in [-0.39, 0.29) is 11.9 Å². The molecular formula is C27H36N4O. The monoisotopic (exact) mass is 432 g/mol. The summed E-state index contributed by atoms with van der Waals surface area (Å²) in [6.07, 6.45) is 5.33. The number of rotatable bonds is 8. The number of nitrogens with two attached hydrogens (primary N) is 1. The molecule has 2 fully saturated rings. The van der Waals surface area contributed by atoms with Crippen molar-refractivity contribution in [1.29, 1.82) is 0 Å². The summed E-state index contributed by atoms with van der Waals surface area (Å²) in [5, 5.41) is 5.73. The van der Waals surface area contributed by atoms with Gasteiger partial charge in [-0.05, 0) is 66.4 Å². The summed E-state index contributed by atoms with van der Waals surface area (Å²) < 4.78 is 0. The van der Waals surface area contributed by atoms with Crippen molar-refractivity contribution in [1.82, 2.24) is 10.2 Å². The van der Waals surface area contributed by atoms with Gasteiger partial charge in [-0.1, -0.05) is 56.3 Å². The molecule has 3 N–H and O–H groups in total. The molecule has 4 bridgehead atoms. The number of fused-ring (bicyclic) bond motifs is 1. The van der Waals surface area contributed by atoms with E-state index in [9.17, 15) is 4.79 Å². The molecular weight excluding hydrogens is 396 g/mol. The van der Waals surface area contributed by atoms with Crippen molar-refractivity contribution >= 4 is 22.9 Å². The average molecular weight is 433 g/mol. The van der Waals surface area contributed by atoms with Crippen LogP contribution < -0.4 is 11.1 Å². The van der Waals surface area contributed by atoms with Crippen LogP contribution in [0.2, 0.25) is 0 Å². The number of hydrogen-bond donors (Lipinski definition) is 2. The summed E-state index contributed by atoms with van der Waals surface area (Å²) in [6, 6.07) is 14.9. The van der Waals surface area contributed by atoms with E-state index in [1.165, 1.54) is 10.8 Å². The van der Waals surface area contributed by atoms with Gasteiger partial charge in [0.05, 0.1) is 0 Å². The summed E-state index contributed by atoms with van der Waals surface area (Å²) in [5.41, 5.74) is 6.36. The van der Waals surface area contributed by atoms with Crippen molar-refractivity contribution in [2.75, 3.05) is 19.6 Å². The molecule has 3 heterocycles. The summed E-state index contributed by atoms with van der Waals surface area (Å²) in [6.45, 7) is 7.75. The lowest BCUT2D eigenvalue weighted by molar-refractivity contribution is -0.132. The van der Waals surface area contributed by atoms with Crippen LogP contribution in [0.4, 0.5) is 0 Å². The van der Waals surface area contributed by atoms with Crippen molar-refractivity contribution in [3.05, 3.63) is 48.0 Å². The third-order valence-corrected chi connectivity index (χ3v) is 7.99. The second-order valence-electron chi connectivity index (χ2n) is 10.4. The van der Waals surface area contributed by atoms with Crippen LogP contribution in [0.1, 0.15) is 38.7 Å². The van der Waals surface area contributed by atoms with Crippen LogP contribution in [-0.4, -0.2) is 48.2 Å². The van der Waals surface area contributed by atoms with Crippen LogP contribution >= 0.6 is 0 Å². The molecule has 170 valence electrons. The smallest absolute Gasteiger partial charge is 0.250 e. The maximum absolute atomic E-state index is 13.9. The SMILES string of the molecule is CC(C)CC1C2C=NC3(C(=O)NCc4cccc5ccccc45)C(C2)CN(CCCN)C13. The highest BCUT2D eigenvalue weighted by Crippen LogP contribution is 2.55. The van der Waals surface area contributed by atoms with Gasteiger partial charge in [0, 0.05) is 31.3 Å². The van der Waals surface area contributed by atoms with Gasteiger partial charge < -0.3 is 11.1 Å². The van der Waals surface area contributed by atoms with Gasteiger partial charge in [-0.2, -0.15) is 0 Å². The Balaban J connectivity index is 1.43. The van der Waals surface area contributed by atoms with Crippen LogP contribution in [0.5, 0.6) is 0 Å². The Labute approximate surface area is 191 Å². The first kappa shape index (κ1) is 21.6. The molecule has 6 rings (SSSR count). The van der Waals surface area contributed by atoms with Gasteiger partial charge in [0.1, 0.15) is 0 Å². The number of benzene rings is 2. The van der Waals surface area contributed by atoms with Crippen molar-refractivity contribution < 1.29 is 4.79 Å². The van der Waals surface area contributed by atoms with Crippen LogP contribution in [0.3, 0.4) is 0 Å². The van der Waals surface area contributed by atoms with Gasteiger partial charge in [-0.15, -0.1) is 0 Å². The Morgan fingerprint density at radius 1 is 1.25 bits per heavy atom. The summed E-state index contributed by atoms with van der Waals surface area (Å²) >= 11 is 0. The number of carbonyl (C=O) groups is 1. The second-order valence-corrected chi connectivity index (χ2v) is 10.4. The highest BCUT2D eigenvalue weighted by Gasteiger charge is 2.67. The highest BCUT2D eigenvalue weighted by molar-refractivity contribution is 5.93. The topological polar surface area (TPSA) is 70.7 Å². The first-order chi connectivity index (χ1) is 15.5. The van der Waals surface area contributed by atoms with Gasteiger partial charge in [-0.3, -0.25) is 14.7 Å². The maximum Gasteiger partial charge on any atom is 0.250 e. The van der Waals surface area contributed by atoms with E-state index in [1.54, 1.807) is 0 Å². The summed E-state index contributed by atoms with van der Waals surface area (Å²) in [5.74, 6) is 2.02. The fourth-order valence-corrected chi connectivity index (χ4v) is 6.73. The quantitative estimate of drug-likeness (QED) is 0.669. The first-order valence-corrected chi connectivity index (χ1v) is 12.3. The average Bonchev–Trinajstić information content (AvgIpc) is 3.07. The number of carbonyl (C=O) groups excluding carboxylic acids is 1. The van der Waals surface area contributed by atoms with Gasteiger partial charge in [0.25, 0.3) is 0 Å². The fraction of sp³-hybridized carbons (Fsp3) is 0.556. The van der Waals surface area contributed by atoms with Gasteiger partial charge in [-0.25, -0.2) is 0 Å².